The number of amides is 2. The highest BCUT2D eigenvalue weighted by Crippen LogP contribution is 2.18. The maximum absolute atomic E-state index is 12.5. The van der Waals surface area contributed by atoms with Gasteiger partial charge in [0, 0.05) is 13.1 Å². The number of nitrogens with one attached hydrogen (secondary N) is 1. The molecular weight excluding hydrogens is 288 g/mol. The maximum atomic E-state index is 12.5. The summed E-state index contributed by atoms with van der Waals surface area (Å²) in [5.74, 6) is -2.08. The van der Waals surface area contributed by atoms with E-state index in [0.29, 0.717) is 31.9 Å². The molecule has 0 aromatic heterocycles. The average Bonchev–Trinajstić information content (AvgIpc) is 2.55. The molecule has 22 heavy (non-hydrogen) atoms. The Kier molecular flexibility index (Phi) is 5.48. The average molecular weight is 306 g/mol. The van der Waals surface area contributed by atoms with Crippen LogP contribution >= 0.6 is 0 Å². The number of hydrogen-bond acceptors (Lipinski definition) is 5. The Morgan fingerprint density at radius 2 is 1.91 bits per heavy atom. The molecule has 0 saturated carbocycles. The Balaban J connectivity index is 2.14. The van der Waals surface area contributed by atoms with Crippen LogP contribution in [0.5, 0.6) is 0 Å². The van der Waals surface area contributed by atoms with Gasteiger partial charge in [0.1, 0.15) is 0 Å². The van der Waals surface area contributed by atoms with Gasteiger partial charge in [0.2, 0.25) is 0 Å². The molecule has 1 saturated heterocycles. The van der Waals surface area contributed by atoms with Gasteiger partial charge < -0.3 is 19.7 Å². The SMILES string of the molecule is CCOC(=O)C(=O)Nc1ccccc1C(=O)N1CCOCC1. The van der Waals surface area contributed by atoms with Crippen LogP contribution in [0.4, 0.5) is 5.69 Å². The maximum Gasteiger partial charge on any atom is 0.397 e. The largest absolute Gasteiger partial charge is 0.459 e. The number of benzene rings is 1. The summed E-state index contributed by atoms with van der Waals surface area (Å²) in [5.41, 5.74) is 0.624. The number of para-hydroxylation sites is 1. The van der Waals surface area contributed by atoms with E-state index in [9.17, 15) is 14.4 Å². The third-order valence-electron chi connectivity index (χ3n) is 3.16. The van der Waals surface area contributed by atoms with Crippen molar-refractivity contribution in [3.05, 3.63) is 29.8 Å². The second-order valence-corrected chi connectivity index (χ2v) is 4.62. The van der Waals surface area contributed by atoms with Gasteiger partial charge in [-0.25, -0.2) is 4.79 Å². The van der Waals surface area contributed by atoms with Gasteiger partial charge in [-0.3, -0.25) is 9.59 Å². The molecular formula is C15H18N2O5. The fourth-order valence-corrected chi connectivity index (χ4v) is 2.09. The van der Waals surface area contributed by atoms with E-state index in [-0.39, 0.29) is 18.2 Å². The lowest BCUT2D eigenvalue weighted by atomic mass is 10.1. The van der Waals surface area contributed by atoms with E-state index in [1.165, 1.54) is 0 Å². The van der Waals surface area contributed by atoms with Gasteiger partial charge in [-0.1, -0.05) is 12.1 Å². The lowest BCUT2D eigenvalue weighted by Crippen LogP contribution is -2.41. The summed E-state index contributed by atoms with van der Waals surface area (Å²) >= 11 is 0. The lowest BCUT2D eigenvalue weighted by molar-refractivity contribution is -0.152. The molecule has 0 radical (unpaired) electrons. The van der Waals surface area contributed by atoms with Crippen LogP contribution in [0.25, 0.3) is 0 Å². The third kappa shape index (κ3) is 3.82. The smallest absolute Gasteiger partial charge is 0.397 e. The van der Waals surface area contributed by atoms with E-state index in [1.807, 2.05) is 0 Å². The second kappa shape index (κ2) is 7.56. The molecule has 1 N–H and O–H groups in total. The normalized spacial score (nSPS) is 14.3. The Morgan fingerprint density at radius 1 is 1.23 bits per heavy atom. The summed E-state index contributed by atoms with van der Waals surface area (Å²) in [5, 5.41) is 2.42. The summed E-state index contributed by atoms with van der Waals surface area (Å²) in [7, 11) is 0. The van der Waals surface area contributed by atoms with E-state index < -0.39 is 11.9 Å². The van der Waals surface area contributed by atoms with Gasteiger partial charge in [0.15, 0.2) is 0 Å². The van der Waals surface area contributed by atoms with E-state index in [4.69, 9.17) is 4.74 Å². The Morgan fingerprint density at radius 3 is 2.59 bits per heavy atom. The van der Waals surface area contributed by atoms with Crippen molar-refractivity contribution in [3.8, 4) is 0 Å². The molecule has 1 heterocycles. The van der Waals surface area contributed by atoms with Crippen LogP contribution in [0.1, 0.15) is 17.3 Å². The molecule has 0 unspecified atom stereocenters. The minimum absolute atomic E-state index is 0.112. The van der Waals surface area contributed by atoms with Crippen molar-refractivity contribution in [1.29, 1.82) is 0 Å². The van der Waals surface area contributed by atoms with Gasteiger partial charge in [0.05, 0.1) is 31.1 Å². The number of morpholine rings is 1. The Labute approximate surface area is 128 Å². The van der Waals surface area contributed by atoms with Crippen molar-refractivity contribution in [2.45, 2.75) is 6.92 Å². The first-order valence-electron chi connectivity index (χ1n) is 7.07. The van der Waals surface area contributed by atoms with Crippen molar-refractivity contribution in [3.63, 3.8) is 0 Å². The molecule has 1 aliphatic rings. The zero-order valence-corrected chi connectivity index (χ0v) is 12.3. The number of anilines is 1. The minimum Gasteiger partial charge on any atom is -0.459 e. The van der Waals surface area contributed by atoms with Gasteiger partial charge in [-0.15, -0.1) is 0 Å². The molecule has 0 aliphatic carbocycles. The van der Waals surface area contributed by atoms with Gasteiger partial charge in [-0.05, 0) is 19.1 Å². The van der Waals surface area contributed by atoms with Crippen molar-refractivity contribution in [2.75, 3.05) is 38.2 Å². The zero-order chi connectivity index (χ0) is 15.9. The quantitative estimate of drug-likeness (QED) is 0.655. The van der Waals surface area contributed by atoms with Crippen molar-refractivity contribution in [1.82, 2.24) is 4.90 Å². The number of carbonyl (C=O) groups is 3. The number of carbonyl (C=O) groups excluding carboxylic acids is 3. The fraction of sp³-hybridized carbons (Fsp3) is 0.400. The van der Waals surface area contributed by atoms with E-state index in [2.05, 4.69) is 10.1 Å². The lowest BCUT2D eigenvalue weighted by Gasteiger charge is -2.27. The number of ether oxygens (including phenoxy) is 2. The standard InChI is InChI=1S/C15H18N2O5/c1-2-22-15(20)13(18)16-12-6-4-3-5-11(12)14(19)17-7-9-21-10-8-17/h3-6H,2,7-10H2,1H3,(H,16,18). The first-order valence-corrected chi connectivity index (χ1v) is 7.07. The summed E-state index contributed by atoms with van der Waals surface area (Å²) in [6.07, 6.45) is 0. The minimum atomic E-state index is -0.976. The molecule has 1 aromatic rings. The third-order valence-corrected chi connectivity index (χ3v) is 3.16. The highest BCUT2D eigenvalue weighted by atomic mass is 16.5. The molecule has 1 aliphatic heterocycles. The van der Waals surface area contributed by atoms with Gasteiger partial charge >= 0.3 is 11.9 Å². The number of hydrogen-bond donors (Lipinski definition) is 1. The van der Waals surface area contributed by atoms with E-state index in [0.717, 1.165) is 0 Å². The molecule has 0 spiro atoms. The molecule has 7 heteroatoms. The first kappa shape index (κ1) is 16.0. The van der Waals surface area contributed by atoms with E-state index in [1.54, 1.807) is 36.1 Å². The van der Waals surface area contributed by atoms with Crippen LogP contribution in [-0.4, -0.2) is 55.6 Å². The van der Waals surface area contributed by atoms with Crippen molar-refractivity contribution < 1.29 is 23.9 Å². The summed E-state index contributed by atoms with van der Waals surface area (Å²) in [6, 6.07) is 6.56. The number of esters is 1. The van der Waals surface area contributed by atoms with Crippen LogP contribution in [-0.2, 0) is 19.1 Å². The zero-order valence-electron chi connectivity index (χ0n) is 12.3. The highest BCUT2D eigenvalue weighted by Gasteiger charge is 2.23. The fourth-order valence-electron chi connectivity index (χ4n) is 2.09. The first-order chi connectivity index (χ1) is 10.6. The molecule has 2 amide bonds. The van der Waals surface area contributed by atoms with Crippen LogP contribution in [0.3, 0.4) is 0 Å². The van der Waals surface area contributed by atoms with Gasteiger partial charge in [-0.2, -0.15) is 0 Å². The molecule has 7 nitrogen and oxygen atoms in total. The van der Waals surface area contributed by atoms with Gasteiger partial charge in [0.25, 0.3) is 5.91 Å². The van der Waals surface area contributed by atoms with Crippen LogP contribution in [0.15, 0.2) is 24.3 Å². The van der Waals surface area contributed by atoms with Crippen LogP contribution < -0.4 is 5.32 Å². The van der Waals surface area contributed by atoms with E-state index >= 15 is 0 Å². The summed E-state index contributed by atoms with van der Waals surface area (Å²) < 4.78 is 9.84. The molecule has 1 aromatic carbocycles. The number of rotatable bonds is 3. The van der Waals surface area contributed by atoms with Crippen LogP contribution in [0, 0.1) is 0 Å². The molecule has 1 fully saturated rings. The predicted molar refractivity (Wildman–Crippen MR) is 78.4 cm³/mol. The Hall–Kier alpha value is -2.41. The summed E-state index contributed by atoms with van der Waals surface area (Å²) in [6.45, 7) is 3.70. The number of nitrogens with zero attached hydrogens (tertiary/aromatic N) is 1. The predicted octanol–water partition coefficient (Wildman–Crippen LogP) is 0.661. The highest BCUT2D eigenvalue weighted by molar-refractivity contribution is 6.37. The molecule has 2 rings (SSSR count). The molecule has 0 atom stereocenters. The topological polar surface area (TPSA) is 84.9 Å². The van der Waals surface area contributed by atoms with Crippen molar-refractivity contribution in [2.24, 2.45) is 0 Å². The van der Waals surface area contributed by atoms with Crippen molar-refractivity contribution >= 4 is 23.5 Å². The second-order valence-electron chi connectivity index (χ2n) is 4.62. The monoisotopic (exact) mass is 306 g/mol. The van der Waals surface area contributed by atoms with Crippen LogP contribution in [0.2, 0.25) is 0 Å². The molecule has 118 valence electrons. The Bertz CT molecular complexity index is 567. The summed E-state index contributed by atoms with van der Waals surface area (Å²) in [4.78, 5) is 37.3. The molecule has 0 bridgehead atoms.